The van der Waals surface area contributed by atoms with Crippen molar-refractivity contribution in [3.8, 4) is 0 Å². The lowest BCUT2D eigenvalue weighted by molar-refractivity contribution is 0.566. The van der Waals surface area contributed by atoms with Crippen molar-refractivity contribution in [1.82, 2.24) is 0 Å². The second-order valence-electron chi connectivity index (χ2n) is 3.65. The summed E-state index contributed by atoms with van der Waals surface area (Å²) in [6.07, 6.45) is 12.6. The lowest BCUT2D eigenvalue weighted by Crippen LogP contribution is -1.95. The lowest BCUT2D eigenvalue weighted by Gasteiger charge is -2.11. The van der Waals surface area contributed by atoms with Crippen LogP contribution in [-0.2, 0) is 9.59 Å². The van der Waals surface area contributed by atoms with E-state index in [9.17, 15) is 9.59 Å². The fraction of sp³-hybridized carbons (Fsp3) is 0.143. The fourth-order valence-corrected chi connectivity index (χ4v) is 1.67. The topological polar surface area (TPSA) is 34.1 Å². The summed E-state index contributed by atoms with van der Waals surface area (Å²) in [5.74, 6) is 3.77. The Balaban J connectivity index is 2.19. The highest BCUT2D eigenvalue weighted by atomic mass is 16.1. The number of allylic oxidation sites excluding steroid dienone is 10. The van der Waals surface area contributed by atoms with Crippen LogP contribution in [0.2, 0.25) is 0 Å². The second-order valence-corrected chi connectivity index (χ2v) is 3.65. The zero-order valence-electron chi connectivity index (χ0n) is 8.69. The summed E-state index contributed by atoms with van der Waals surface area (Å²) in [7, 11) is 0. The number of rotatable bonds is 1. The summed E-state index contributed by atoms with van der Waals surface area (Å²) in [5, 5.41) is 0. The number of carbonyl (C=O) groups excluding carboxylic acids is 2. The Labute approximate surface area is 93.7 Å². The highest BCUT2D eigenvalue weighted by Crippen LogP contribution is 2.24. The zero-order valence-corrected chi connectivity index (χ0v) is 8.69. The van der Waals surface area contributed by atoms with E-state index in [1.807, 2.05) is 36.2 Å². The van der Waals surface area contributed by atoms with Crippen molar-refractivity contribution >= 4 is 11.9 Å². The molecule has 0 amide bonds. The standard InChI is InChI=1S/C14H10O2/c15-9-11-1-5-13(6-2-11)14-7-3-12(10-16)4-8-14/h1,3,5-8H,2,4H2. The normalized spacial score (nSPS) is 18.8. The third-order valence-corrected chi connectivity index (χ3v) is 2.61. The molecule has 16 heavy (non-hydrogen) atoms. The van der Waals surface area contributed by atoms with Gasteiger partial charge in [0.25, 0.3) is 0 Å². The molecular weight excluding hydrogens is 200 g/mol. The molecule has 2 heteroatoms. The Kier molecular flexibility index (Phi) is 2.98. The van der Waals surface area contributed by atoms with Crippen LogP contribution in [0, 0.1) is 0 Å². The van der Waals surface area contributed by atoms with Crippen LogP contribution >= 0.6 is 0 Å². The van der Waals surface area contributed by atoms with Crippen molar-refractivity contribution in [2.45, 2.75) is 12.8 Å². The van der Waals surface area contributed by atoms with Crippen molar-refractivity contribution in [3.63, 3.8) is 0 Å². The van der Waals surface area contributed by atoms with Crippen molar-refractivity contribution in [2.75, 3.05) is 0 Å². The van der Waals surface area contributed by atoms with E-state index in [2.05, 4.69) is 0 Å². The van der Waals surface area contributed by atoms with Gasteiger partial charge in [-0.3, -0.25) is 0 Å². The van der Waals surface area contributed by atoms with Gasteiger partial charge in [0.05, 0.1) is 0 Å². The van der Waals surface area contributed by atoms with E-state index in [4.69, 9.17) is 0 Å². The molecule has 0 atom stereocenters. The van der Waals surface area contributed by atoms with Crippen LogP contribution in [0.15, 0.2) is 58.7 Å². The largest absolute Gasteiger partial charge is 0.233 e. The maximum absolute atomic E-state index is 10.4. The Morgan fingerprint density at radius 1 is 0.750 bits per heavy atom. The predicted octanol–water partition coefficient (Wildman–Crippen LogP) is 2.28. The third-order valence-electron chi connectivity index (χ3n) is 2.61. The Bertz CT molecular complexity index is 479. The molecule has 0 N–H and O–H groups in total. The van der Waals surface area contributed by atoms with E-state index in [1.54, 1.807) is 12.2 Å². The molecule has 2 nitrogen and oxygen atoms in total. The molecule has 0 radical (unpaired) electrons. The van der Waals surface area contributed by atoms with E-state index in [1.165, 1.54) is 0 Å². The molecular formula is C14H10O2. The molecule has 2 aliphatic rings. The van der Waals surface area contributed by atoms with Crippen molar-refractivity contribution in [3.05, 3.63) is 58.7 Å². The first-order valence-electron chi connectivity index (χ1n) is 5.08. The smallest absolute Gasteiger partial charge is 0.128 e. The minimum absolute atomic E-state index is 0.622. The molecule has 0 unspecified atom stereocenters. The highest BCUT2D eigenvalue weighted by Gasteiger charge is 2.08. The SMILES string of the molecule is O=C=C1C=CC(C2=CCC(=C=O)C=C2)=CC1. The third kappa shape index (κ3) is 2.09. The van der Waals surface area contributed by atoms with E-state index in [0.717, 1.165) is 11.1 Å². The molecule has 2 aliphatic carbocycles. The summed E-state index contributed by atoms with van der Waals surface area (Å²) in [4.78, 5) is 20.8. The fourth-order valence-electron chi connectivity index (χ4n) is 1.67. The summed E-state index contributed by atoms with van der Waals surface area (Å²) in [6.45, 7) is 0. The van der Waals surface area contributed by atoms with E-state index in [0.29, 0.717) is 24.0 Å². The minimum atomic E-state index is 0.622. The summed E-state index contributed by atoms with van der Waals surface area (Å²) < 4.78 is 0. The molecule has 0 aromatic carbocycles. The van der Waals surface area contributed by atoms with Gasteiger partial charge in [0.1, 0.15) is 11.9 Å². The number of hydrogen-bond donors (Lipinski definition) is 0. The van der Waals surface area contributed by atoms with Gasteiger partial charge in [0, 0.05) is 24.0 Å². The highest BCUT2D eigenvalue weighted by molar-refractivity contribution is 5.65. The van der Waals surface area contributed by atoms with Crippen LogP contribution in [-0.4, -0.2) is 11.9 Å². The lowest BCUT2D eigenvalue weighted by atomic mass is 9.93. The van der Waals surface area contributed by atoms with Crippen molar-refractivity contribution in [1.29, 1.82) is 0 Å². The Hall–Kier alpha value is -2.14. The van der Waals surface area contributed by atoms with Crippen molar-refractivity contribution < 1.29 is 9.59 Å². The molecule has 0 aromatic rings. The van der Waals surface area contributed by atoms with Crippen LogP contribution in [0.25, 0.3) is 0 Å². The second kappa shape index (κ2) is 4.59. The molecule has 78 valence electrons. The molecule has 0 saturated heterocycles. The first-order valence-corrected chi connectivity index (χ1v) is 5.08. The van der Waals surface area contributed by atoms with Crippen LogP contribution in [0.5, 0.6) is 0 Å². The van der Waals surface area contributed by atoms with Crippen molar-refractivity contribution in [2.24, 2.45) is 0 Å². The van der Waals surface area contributed by atoms with Gasteiger partial charge in [-0.05, 0) is 23.3 Å². The van der Waals surface area contributed by atoms with Gasteiger partial charge in [-0.2, -0.15) is 0 Å². The zero-order chi connectivity index (χ0) is 11.4. The van der Waals surface area contributed by atoms with Gasteiger partial charge in [-0.25, -0.2) is 9.59 Å². The maximum Gasteiger partial charge on any atom is 0.128 e. The van der Waals surface area contributed by atoms with Gasteiger partial charge in [-0.15, -0.1) is 0 Å². The summed E-state index contributed by atoms with van der Waals surface area (Å²) in [5.41, 5.74) is 3.50. The first-order chi connectivity index (χ1) is 7.83. The molecule has 0 heterocycles. The molecule has 2 rings (SSSR count). The van der Waals surface area contributed by atoms with E-state index < -0.39 is 0 Å². The molecule has 0 saturated carbocycles. The molecule has 0 aromatic heterocycles. The minimum Gasteiger partial charge on any atom is -0.233 e. The van der Waals surface area contributed by atoms with E-state index in [-0.39, 0.29) is 0 Å². The Morgan fingerprint density at radius 3 is 1.44 bits per heavy atom. The molecule has 0 fully saturated rings. The van der Waals surface area contributed by atoms with Crippen LogP contribution < -0.4 is 0 Å². The molecule has 0 aliphatic heterocycles. The molecule has 0 bridgehead atoms. The molecule has 0 spiro atoms. The quantitative estimate of drug-likeness (QED) is 0.622. The first kappa shape index (κ1) is 10.4. The maximum atomic E-state index is 10.4. The number of hydrogen-bond acceptors (Lipinski definition) is 2. The van der Waals surface area contributed by atoms with Gasteiger partial charge >= 0.3 is 0 Å². The monoisotopic (exact) mass is 210 g/mol. The van der Waals surface area contributed by atoms with Gasteiger partial charge in [0.2, 0.25) is 0 Å². The van der Waals surface area contributed by atoms with Crippen LogP contribution in [0.4, 0.5) is 0 Å². The Morgan fingerprint density at radius 2 is 1.19 bits per heavy atom. The summed E-state index contributed by atoms with van der Waals surface area (Å²) in [6, 6.07) is 0. The summed E-state index contributed by atoms with van der Waals surface area (Å²) >= 11 is 0. The van der Waals surface area contributed by atoms with Crippen LogP contribution in [0.1, 0.15) is 12.8 Å². The van der Waals surface area contributed by atoms with Crippen LogP contribution in [0.3, 0.4) is 0 Å². The predicted molar refractivity (Wildman–Crippen MR) is 62.1 cm³/mol. The average Bonchev–Trinajstić information content (AvgIpc) is 2.39. The van der Waals surface area contributed by atoms with Gasteiger partial charge < -0.3 is 0 Å². The van der Waals surface area contributed by atoms with E-state index >= 15 is 0 Å². The van der Waals surface area contributed by atoms with Gasteiger partial charge in [-0.1, -0.05) is 24.3 Å². The average molecular weight is 210 g/mol. The van der Waals surface area contributed by atoms with Gasteiger partial charge in [0.15, 0.2) is 0 Å².